The summed E-state index contributed by atoms with van der Waals surface area (Å²) in [6.07, 6.45) is 0. The first-order valence-corrected chi connectivity index (χ1v) is 7.32. The van der Waals surface area contributed by atoms with Crippen LogP contribution < -0.4 is 11.1 Å². The van der Waals surface area contributed by atoms with Crippen LogP contribution in [0.3, 0.4) is 0 Å². The molecule has 0 aliphatic heterocycles. The Bertz CT molecular complexity index is 643. The molecule has 116 valence electrons. The average Bonchev–Trinajstić information content (AvgIpc) is 2.55. The lowest BCUT2D eigenvalue weighted by atomic mass is 9.94. The number of hydrogen-bond acceptors (Lipinski definition) is 2. The standard InChI is InChI=1S/C18H21FN2O/c1-12-10-14(8-9-16(12)19)11-21-18(22)13(2)17(20)15-6-4-3-5-7-15/h3-10,13,17H,11,20H2,1-2H3,(H,21,22). The van der Waals surface area contributed by atoms with E-state index in [0.29, 0.717) is 12.1 Å². The van der Waals surface area contributed by atoms with Crippen LogP contribution in [0.15, 0.2) is 48.5 Å². The van der Waals surface area contributed by atoms with Crippen molar-refractivity contribution in [1.29, 1.82) is 0 Å². The van der Waals surface area contributed by atoms with E-state index in [1.54, 1.807) is 19.1 Å². The highest BCUT2D eigenvalue weighted by atomic mass is 19.1. The number of rotatable bonds is 5. The van der Waals surface area contributed by atoms with Crippen LogP contribution in [0.1, 0.15) is 29.7 Å². The van der Waals surface area contributed by atoms with Crippen LogP contribution in [-0.2, 0) is 11.3 Å². The lowest BCUT2D eigenvalue weighted by Gasteiger charge is -2.20. The van der Waals surface area contributed by atoms with Gasteiger partial charge in [-0.3, -0.25) is 4.79 Å². The maximum absolute atomic E-state index is 13.2. The molecule has 2 atom stereocenters. The quantitative estimate of drug-likeness (QED) is 0.891. The molecule has 3 N–H and O–H groups in total. The van der Waals surface area contributed by atoms with Crippen LogP contribution in [0.4, 0.5) is 4.39 Å². The Morgan fingerprint density at radius 3 is 2.55 bits per heavy atom. The first kappa shape index (κ1) is 16.2. The van der Waals surface area contributed by atoms with E-state index in [-0.39, 0.29) is 23.7 Å². The molecule has 0 heterocycles. The van der Waals surface area contributed by atoms with E-state index in [0.717, 1.165) is 11.1 Å². The summed E-state index contributed by atoms with van der Waals surface area (Å²) < 4.78 is 13.2. The van der Waals surface area contributed by atoms with Crippen LogP contribution in [0.2, 0.25) is 0 Å². The summed E-state index contributed by atoms with van der Waals surface area (Å²) in [5, 5.41) is 2.85. The van der Waals surface area contributed by atoms with Crippen molar-refractivity contribution in [1.82, 2.24) is 5.32 Å². The van der Waals surface area contributed by atoms with E-state index in [2.05, 4.69) is 5.32 Å². The van der Waals surface area contributed by atoms with Crippen molar-refractivity contribution in [3.05, 3.63) is 71.0 Å². The Labute approximate surface area is 130 Å². The molecule has 2 aromatic carbocycles. The zero-order valence-corrected chi connectivity index (χ0v) is 12.8. The predicted molar refractivity (Wildman–Crippen MR) is 85.5 cm³/mol. The van der Waals surface area contributed by atoms with E-state index in [9.17, 15) is 9.18 Å². The Morgan fingerprint density at radius 2 is 1.91 bits per heavy atom. The van der Waals surface area contributed by atoms with Gasteiger partial charge in [-0.1, -0.05) is 49.4 Å². The Balaban J connectivity index is 1.95. The minimum absolute atomic E-state index is 0.113. The summed E-state index contributed by atoms with van der Waals surface area (Å²) >= 11 is 0. The second-order valence-electron chi connectivity index (χ2n) is 5.53. The van der Waals surface area contributed by atoms with Crippen molar-refractivity contribution in [2.24, 2.45) is 11.7 Å². The summed E-state index contributed by atoms with van der Waals surface area (Å²) in [7, 11) is 0. The highest BCUT2D eigenvalue weighted by Crippen LogP contribution is 2.19. The first-order chi connectivity index (χ1) is 10.5. The molecule has 0 aliphatic carbocycles. The van der Waals surface area contributed by atoms with Crippen LogP contribution in [0.5, 0.6) is 0 Å². The number of carbonyl (C=O) groups is 1. The summed E-state index contributed by atoms with van der Waals surface area (Å²) in [5.41, 5.74) is 8.51. The van der Waals surface area contributed by atoms with E-state index >= 15 is 0 Å². The van der Waals surface area contributed by atoms with Gasteiger partial charge in [0.15, 0.2) is 0 Å². The summed E-state index contributed by atoms with van der Waals surface area (Å²) in [6.45, 7) is 3.88. The van der Waals surface area contributed by atoms with Gasteiger partial charge in [-0.05, 0) is 29.7 Å². The number of nitrogens with two attached hydrogens (primary N) is 1. The molecule has 22 heavy (non-hydrogen) atoms. The number of benzene rings is 2. The van der Waals surface area contributed by atoms with Gasteiger partial charge in [-0.25, -0.2) is 4.39 Å². The Hall–Kier alpha value is -2.20. The molecule has 0 aromatic heterocycles. The van der Waals surface area contributed by atoms with E-state index < -0.39 is 0 Å². The molecule has 0 fully saturated rings. The average molecular weight is 300 g/mol. The Kier molecular flexibility index (Phi) is 5.28. The monoisotopic (exact) mass is 300 g/mol. The number of carbonyl (C=O) groups excluding carboxylic acids is 1. The largest absolute Gasteiger partial charge is 0.352 e. The minimum Gasteiger partial charge on any atom is -0.352 e. The van der Waals surface area contributed by atoms with Crippen molar-refractivity contribution in [2.75, 3.05) is 0 Å². The summed E-state index contributed by atoms with van der Waals surface area (Å²) in [4.78, 5) is 12.2. The zero-order chi connectivity index (χ0) is 16.1. The molecule has 1 amide bonds. The molecule has 0 spiro atoms. The Morgan fingerprint density at radius 1 is 1.23 bits per heavy atom. The van der Waals surface area contributed by atoms with Gasteiger partial charge in [-0.2, -0.15) is 0 Å². The number of hydrogen-bond donors (Lipinski definition) is 2. The van der Waals surface area contributed by atoms with Crippen LogP contribution in [-0.4, -0.2) is 5.91 Å². The zero-order valence-electron chi connectivity index (χ0n) is 12.8. The molecule has 3 nitrogen and oxygen atoms in total. The topological polar surface area (TPSA) is 55.1 Å². The van der Waals surface area contributed by atoms with Crippen LogP contribution in [0, 0.1) is 18.7 Å². The fourth-order valence-electron chi connectivity index (χ4n) is 2.29. The number of nitrogens with one attached hydrogen (secondary N) is 1. The third kappa shape index (κ3) is 3.92. The van der Waals surface area contributed by atoms with Gasteiger partial charge in [0.1, 0.15) is 5.82 Å². The normalized spacial score (nSPS) is 13.5. The maximum Gasteiger partial charge on any atom is 0.225 e. The minimum atomic E-state index is -0.351. The molecule has 0 aliphatic rings. The van der Waals surface area contributed by atoms with Gasteiger partial charge >= 0.3 is 0 Å². The molecule has 0 bridgehead atoms. The first-order valence-electron chi connectivity index (χ1n) is 7.32. The van der Waals surface area contributed by atoms with E-state index in [1.807, 2.05) is 37.3 Å². The molecular weight excluding hydrogens is 279 g/mol. The molecule has 0 radical (unpaired) electrons. The number of aryl methyl sites for hydroxylation is 1. The van der Waals surface area contributed by atoms with Gasteiger partial charge < -0.3 is 11.1 Å². The highest BCUT2D eigenvalue weighted by molar-refractivity contribution is 5.79. The van der Waals surface area contributed by atoms with E-state index in [4.69, 9.17) is 5.73 Å². The van der Waals surface area contributed by atoms with Gasteiger partial charge in [0.2, 0.25) is 5.91 Å². The van der Waals surface area contributed by atoms with Crippen molar-refractivity contribution >= 4 is 5.91 Å². The van der Waals surface area contributed by atoms with Crippen molar-refractivity contribution in [2.45, 2.75) is 26.4 Å². The van der Waals surface area contributed by atoms with Gasteiger partial charge in [0, 0.05) is 12.6 Å². The lowest BCUT2D eigenvalue weighted by Crippen LogP contribution is -2.35. The lowest BCUT2D eigenvalue weighted by molar-refractivity contribution is -0.125. The SMILES string of the molecule is Cc1cc(CNC(=O)C(C)C(N)c2ccccc2)ccc1F. The summed E-state index contributed by atoms with van der Waals surface area (Å²) in [5.74, 6) is -0.697. The van der Waals surface area contributed by atoms with Crippen molar-refractivity contribution in [3.8, 4) is 0 Å². The number of amides is 1. The smallest absolute Gasteiger partial charge is 0.225 e. The third-order valence-electron chi connectivity index (χ3n) is 3.83. The molecule has 0 saturated carbocycles. The molecule has 2 rings (SSSR count). The molecular formula is C18H21FN2O. The van der Waals surface area contributed by atoms with Crippen molar-refractivity contribution in [3.63, 3.8) is 0 Å². The van der Waals surface area contributed by atoms with Gasteiger partial charge in [0.25, 0.3) is 0 Å². The second kappa shape index (κ2) is 7.18. The maximum atomic E-state index is 13.2. The van der Waals surface area contributed by atoms with Crippen molar-refractivity contribution < 1.29 is 9.18 Å². The molecule has 4 heteroatoms. The molecule has 0 saturated heterocycles. The molecule has 2 unspecified atom stereocenters. The molecule has 2 aromatic rings. The fourth-order valence-corrected chi connectivity index (χ4v) is 2.29. The van der Waals surface area contributed by atoms with E-state index in [1.165, 1.54) is 6.07 Å². The second-order valence-corrected chi connectivity index (χ2v) is 5.53. The predicted octanol–water partition coefficient (Wildman–Crippen LogP) is 3.09. The number of halogens is 1. The van der Waals surface area contributed by atoms with Crippen LogP contribution in [0.25, 0.3) is 0 Å². The van der Waals surface area contributed by atoms with Crippen LogP contribution >= 0.6 is 0 Å². The van der Waals surface area contributed by atoms with Gasteiger partial charge in [-0.15, -0.1) is 0 Å². The van der Waals surface area contributed by atoms with Gasteiger partial charge in [0.05, 0.1) is 5.92 Å². The summed E-state index contributed by atoms with van der Waals surface area (Å²) in [6, 6.07) is 14.0. The third-order valence-corrected chi connectivity index (χ3v) is 3.83. The fraction of sp³-hybridized carbons (Fsp3) is 0.278. The highest BCUT2D eigenvalue weighted by Gasteiger charge is 2.21.